The summed E-state index contributed by atoms with van der Waals surface area (Å²) in [6.07, 6.45) is -3.15. The lowest BCUT2D eigenvalue weighted by Crippen LogP contribution is -2.58. The zero-order valence-electron chi connectivity index (χ0n) is 9.32. The maximum absolute atomic E-state index is 9.87. The highest BCUT2D eigenvalue weighted by Gasteiger charge is 2.44. The summed E-state index contributed by atoms with van der Waals surface area (Å²) < 4.78 is 0. The third-order valence-corrected chi connectivity index (χ3v) is 3.28. The largest absolute Gasteiger partial charge is 0.394 e. The molecule has 1 fully saturated rings. The van der Waals surface area contributed by atoms with Gasteiger partial charge in [0.25, 0.3) is 0 Å². The molecule has 0 aliphatic heterocycles. The fourth-order valence-corrected chi connectivity index (χ4v) is 2.34. The standard InChI is InChI=1S/C10H21NO5/c1-10(16)2-5(8(11)6(13)3-10)9(15)7(14)4-12/h5-9,12-16H,2-4,11H2,1H3/t5?,6-,7+,8-,9-,10+/m0/s1. The first kappa shape index (κ1) is 13.8. The Bertz CT molecular complexity index is 235. The quantitative estimate of drug-likeness (QED) is 0.322. The van der Waals surface area contributed by atoms with Crippen LogP contribution in [-0.2, 0) is 0 Å². The average molecular weight is 235 g/mol. The van der Waals surface area contributed by atoms with Crippen molar-refractivity contribution in [2.45, 2.75) is 49.7 Å². The summed E-state index contributed by atoms with van der Waals surface area (Å²) in [4.78, 5) is 0. The highest BCUT2D eigenvalue weighted by molar-refractivity contribution is 4.98. The van der Waals surface area contributed by atoms with Gasteiger partial charge in [-0.3, -0.25) is 0 Å². The van der Waals surface area contributed by atoms with Crippen LogP contribution in [0.15, 0.2) is 0 Å². The zero-order chi connectivity index (χ0) is 12.5. The van der Waals surface area contributed by atoms with Crippen molar-refractivity contribution in [1.82, 2.24) is 0 Å². The van der Waals surface area contributed by atoms with E-state index in [1.807, 2.05) is 0 Å². The van der Waals surface area contributed by atoms with Gasteiger partial charge >= 0.3 is 0 Å². The fraction of sp³-hybridized carbons (Fsp3) is 1.00. The van der Waals surface area contributed by atoms with Gasteiger partial charge in [0, 0.05) is 18.4 Å². The highest BCUT2D eigenvalue weighted by Crippen LogP contribution is 2.34. The fourth-order valence-electron chi connectivity index (χ4n) is 2.34. The van der Waals surface area contributed by atoms with Crippen LogP contribution >= 0.6 is 0 Å². The molecule has 0 amide bonds. The maximum atomic E-state index is 9.87. The minimum absolute atomic E-state index is 0.145. The summed E-state index contributed by atoms with van der Waals surface area (Å²) in [7, 11) is 0. The molecule has 6 atom stereocenters. The van der Waals surface area contributed by atoms with E-state index in [1.165, 1.54) is 0 Å². The Labute approximate surface area is 94.3 Å². The second-order valence-electron chi connectivity index (χ2n) is 4.95. The number of hydrogen-bond donors (Lipinski definition) is 6. The van der Waals surface area contributed by atoms with Crippen molar-refractivity contribution in [2.75, 3.05) is 6.61 Å². The van der Waals surface area contributed by atoms with Gasteiger partial charge in [-0.25, -0.2) is 0 Å². The topological polar surface area (TPSA) is 127 Å². The first-order valence-electron chi connectivity index (χ1n) is 5.41. The van der Waals surface area contributed by atoms with Crippen LogP contribution in [0.25, 0.3) is 0 Å². The monoisotopic (exact) mass is 235 g/mol. The van der Waals surface area contributed by atoms with Crippen molar-refractivity contribution < 1.29 is 25.5 Å². The summed E-state index contributed by atoms with van der Waals surface area (Å²) in [6, 6.07) is -0.712. The molecular formula is C10H21NO5. The number of aliphatic hydroxyl groups excluding tert-OH is 4. The van der Waals surface area contributed by atoms with E-state index in [-0.39, 0.29) is 12.8 Å². The Morgan fingerprint density at radius 3 is 2.44 bits per heavy atom. The van der Waals surface area contributed by atoms with Crippen molar-refractivity contribution >= 4 is 0 Å². The van der Waals surface area contributed by atoms with Crippen LogP contribution in [0, 0.1) is 5.92 Å². The van der Waals surface area contributed by atoms with Crippen molar-refractivity contribution in [1.29, 1.82) is 0 Å². The molecule has 0 spiro atoms. The molecule has 1 saturated carbocycles. The van der Waals surface area contributed by atoms with Crippen molar-refractivity contribution in [2.24, 2.45) is 11.7 Å². The number of nitrogens with two attached hydrogens (primary N) is 1. The van der Waals surface area contributed by atoms with Crippen LogP contribution in [0.1, 0.15) is 19.8 Å². The summed E-state index contributed by atoms with van der Waals surface area (Å²) in [5, 5.41) is 47.3. The third kappa shape index (κ3) is 2.91. The van der Waals surface area contributed by atoms with Gasteiger partial charge in [-0.1, -0.05) is 0 Å². The molecule has 1 aliphatic carbocycles. The lowest BCUT2D eigenvalue weighted by molar-refractivity contribution is -0.119. The van der Waals surface area contributed by atoms with Crippen molar-refractivity contribution in [3.8, 4) is 0 Å². The lowest BCUT2D eigenvalue weighted by atomic mass is 9.71. The van der Waals surface area contributed by atoms with E-state index in [9.17, 15) is 20.4 Å². The highest BCUT2D eigenvalue weighted by atomic mass is 16.4. The smallest absolute Gasteiger partial charge is 0.103 e. The molecule has 0 aromatic carbocycles. The molecule has 7 N–H and O–H groups in total. The van der Waals surface area contributed by atoms with Gasteiger partial charge in [0.15, 0.2) is 0 Å². The van der Waals surface area contributed by atoms with Crippen LogP contribution in [0.2, 0.25) is 0 Å². The maximum Gasteiger partial charge on any atom is 0.103 e. The SMILES string of the molecule is C[C@@]1(O)CC([C@H](O)[C@H](O)CO)[C@H](N)[C@@H](O)C1. The minimum atomic E-state index is -1.31. The van der Waals surface area contributed by atoms with Crippen molar-refractivity contribution in [3.05, 3.63) is 0 Å². The molecule has 0 radical (unpaired) electrons. The van der Waals surface area contributed by atoms with E-state index >= 15 is 0 Å². The van der Waals surface area contributed by atoms with Gasteiger partial charge in [-0.2, -0.15) is 0 Å². The molecule has 0 aromatic rings. The molecular weight excluding hydrogens is 214 g/mol. The van der Waals surface area contributed by atoms with E-state index in [0.29, 0.717) is 0 Å². The van der Waals surface area contributed by atoms with E-state index in [2.05, 4.69) is 0 Å². The molecule has 0 saturated heterocycles. The Kier molecular flexibility index (Phi) is 4.28. The van der Waals surface area contributed by atoms with Crippen LogP contribution in [-0.4, -0.2) is 62.1 Å². The number of hydrogen-bond acceptors (Lipinski definition) is 6. The molecule has 16 heavy (non-hydrogen) atoms. The molecule has 96 valence electrons. The summed E-state index contributed by atoms with van der Waals surface area (Å²) in [5.74, 6) is -0.638. The first-order valence-corrected chi connectivity index (χ1v) is 5.41. The van der Waals surface area contributed by atoms with Crippen molar-refractivity contribution in [3.63, 3.8) is 0 Å². The van der Waals surface area contributed by atoms with E-state index in [0.717, 1.165) is 0 Å². The second-order valence-corrected chi connectivity index (χ2v) is 4.95. The Hall–Kier alpha value is -0.240. The van der Waals surface area contributed by atoms with E-state index < -0.39 is 42.5 Å². The van der Waals surface area contributed by atoms with E-state index in [4.69, 9.17) is 10.8 Å². The summed E-state index contributed by atoms with van der Waals surface area (Å²) in [6.45, 7) is 0.968. The molecule has 0 heterocycles. The van der Waals surface area contributed by atoms with E-state index in [1.54, 1.807) is 6.92 Å². The molecule has 6 nitrogen and oxygen atoms in total. The number of aliphatic hydroxyl groups is 5. The predicted octanol–water partition coefficient (Wildman–Crippen LogP) is -2.45. The molecule has 0 bridgehead atoms. The Morgan fingerprint density at radius 2 is 1.94 bits per heavy atom. The van der Waals surface area contributed by atoms with Gasteiger partial charge in [0.1, 0.15) is 6.10 Å². The van der Waals surface area contributed by atoms with Gasteiger partial charge in [-0.15, -0.1) is 0 Å². The van der Waals surface area contributed by atoms with Crippen LogP contribution in [0.5, 0.6) is 0 Å². The van der Waals surface area contributed by atoms with Gasteiger partial charge in [0.05, 0.1) is 24.4 Å². The lowest BCUT2D eigenvalue weighted by Gasteiger charge is -2.43. The van der Waals surface area contributed by atoms with Crippen LogP contribution < -0.4 is 5.73 Å². The van der Waals surface area contributed by atoms with Crippen LogP contribution in [0.4, 0.5) is 0 Å². The first-order chi connectivity index (χ1) is 7.28. The summed E-state index contributed by atoms with van der Waals surface area (Å²) >= 11 is 0. The molecule has 6 heteroatoms. The van der Waals surface area contributed by atoms with Gasteiger partial charge in [0.2, 0.25) is 0 Å². The second kappa shape index (κ2) is 4.95. The minimum Gasteiger partial charge on any atom is -0.394 e. The average Bonchev–Trinajstić information content (AvgIpc) is 2.20. The van der Waals surface area contributed by atoms with Crippen LogP contribution in [0.3, 0.4) is 0 Å². The van der Waals surface area contributed by atoms with Gasteiger partial charge < -0.3 is 31.3 Å². The Balaban J connectivity index is 2.77. The summed E-state index contributed by atoms with van der Waals surface area (Å²) in [5.41, 5.74) is 4.61. The van der Waals surface area contributed by atoms with Gasteiger partial charge in [-0.05, 0) is 13.3 Å². The Morgan fingerprint density at radius 1 is 1.38 bits per heavy atom. The number of rotatable bonds is 3. The zero-order valence-corrected chi connectivity index (χ0v) is 9.32. The molecule has 1 aliphatic rings. The molecule has 1 rings (SSSR count). The molecule has 0 aromatic heterocycles. The molecule has 1 unspecified atom stereocenters. The normalized spacial score (nSPS) is 44.1. The third-order valence-electron chi connectivity index (χ3n) is 3.28. The predicted molar refractivity (Wildman–Crippen MR) is 56.4 cm³/mol.